The van der Waals surface area contributed by atoms with Crippen molar-refractivity contribution in [2.75, 3.05) is 11.9 Å². The van der Waals surface area contributed by atoms with E-state index in [-0.39, 0.29) is 6.61 Å². The van der Waals surface area contributed by atoms with E-state index in [0.717, 1.165) is 36.5 Å². The van der Waals surface area contributed by atoms with Gasteiger partial charge in [0.25, 0.3) is 11.7 Å². The number of anilines is 1. The Morgan fingerprint density at radius 1 is 0.933 bits per heavy atom. The zero-order valence-corrected chi connectivity index (χ0v) is 16.4. The van der Waals surface area contributed by atoms with Crippen LogP contribution in [0.4, 0.5) is 5.69 Å². The molecule has 1 aliphatic carbocycles. The summed E-state index contributed by atoms with van der Waals surface area (Å²) in [5.74, 6) is -0.174. The van der Waals surface area contributed by atoms with E-state index in [9.17, 15) is 9.59 Å². The van der Waals surface area contributed by atoms with Gasteiger partial charge in [-0.15, -0.1) is 0 Å². The van der Waals surface area contributed by atoms with Gasteiger partial charge >= 0.3 is 5.97 Å². The molecule has 0 radical (unpaired) electrons. The number of amides is 1. The van der Waals surface area contributed by atoms with Crippen molar-refractivity contribution in [2.45, 2.75) is 31.5 Å². The first-order valence-corrected chi connectivity index (χ1v) is 10.1. The molecule has 0 saturated heterocycles. The van der Waals surface area contributed by atoms with Crippen LogP contribution in [-0.2, 0) is 9.53 Å². The Labute approximate surface area is 173 Å². The molecule has 0 unspecified atom stereocenters. The third kappa shape index (κ3) is 3.45. The molecule has 1 saturated carbocycles. The molecular weight excluding hydrogens is 382 g/mol. The number of benzene rings is 3. The fourth-order valence-corrected chi connectivity index (χ4v) is 4.10. The maximum absolute atomic E-state index is 12.5. The van der Waals surface area contributed by atoms with Crippen LogP contribution in [0.3, 0.4) is 0 Å². The topological polar surface area (TPSA) is 73.9 Å². The largest absolute Gasteiger partial charge is 0.452 e. The lowest BCUT2D eigenvalue weighted by molar-refractivity contribution is -0.119. The van der Waals surface area contributed by atoms with E-state index >= 15 is 0 Å². The minimum absolute atomic E-state index is 0.375. The van der Waals surface area contributed by atoms with Crippen molar-refractivity contribution in [1.29, 1.82) is 0 Å². The lowest BCUT2D eigenvalue weighted by Gasteiger charge is -2.21. The SMILES string of the molecule is O=C(COC(=O)c1cccc2ccccc12)Nc1ccc2c(c1)OC1(CCCC1)O2. The van der Waals surface area contributed by atoms with Crippen LogP contribution in [0.15, 0.2) is 60.7 Å². The van der Waals surface area contributed by atoms with Crippen molar-refractivity contribution in [3.05, 3.63) is 66.2 Å². The van der Waals surface area contributed by atoms with Crippen molar-refractivity contribution in [2.24, 2.45) is 0 Å². The zero-order valence-electron chi connectivity index (χ0n) is 16.4. The molecule has 0 atom stereocenters. The molecule has 0 aromatic heterocycles. The Bertz CT molecular complexity index is 1130. The number of carbonyl (C=O) groups excluding carboxylic acids is 2. The minimum Gasteiger partial charge on any atom is -0.452 e. The number of hydrogen-bond acceptors (Lipinski definition) is 5. The molecule has 5 rings (SSSR count). The first kappa shape index (κ1) is 18.5. The molecular formula is C24H21NO5. The van der Waals surface area contributed by atoms with Gasteiger partial charge in [-0.05, 0) is 41.8 Å². The zero-order chi connectivity index (χ0) is 20.6. The monoisotopic (exact) mass is 403 g/mol. The standard InChI is InChI=1S/C24H21NO5/c26-22(15-28-23(27)19-9-5-7-16-6-1-2-8-18(16)19)25-17-10-11-20-21(14-17)30-24(29-20)12-3-4-13-24/h1-2,5-11,14H,3-4,12-13,15H2,(H,25,26). The second-order valence-corrected chi connectivity index (χ2v) is 7.63. The van der Waals surface area contributed by atoms with Gasteiger partial charge in [0.05, 0.1) is 5.56 Å². The van der Waals surface area contributed by atoms with Crippen molar-refractivity contribution in [1.82, 2.24) is 0 Å². The molecule has 1 N–H and O–H groups in total. The van der Waals surface area contributed by atoms with E-state index < -0.39 is 17.7 Å². The van der Waals surface area contributed by atoms with E-state index in [0.29, 0.717) is 22.7 Å². The van der Waals surface area contributed by atoms with Gasteiger partial charge in [-0.2, -0.15) is 0 Å². The van der Waals surface area contributed by atoms with E-state index in [1.165, 1.54) is 0 Å². The number of rotatable bonds is 4. The normalized spacial score (nSPS) is 16.0. The molecule has 1 aliphatic heterocycles. The predicted octanol–water partition coefficient (Wildman–Crippen LogP) is 4.68. The highest BCUT2D eigenvalue weighted by atomic mass is 16.7. The van der Waals surface area contributed by atoms with Gasteiger partial charge in [-0.1, -0.05) is 36.4 Å². The highest BCUT2D eigenvalue weighted by Gasteiger charge is 2.44. The quantitative estimate of drug-likeness (QED) is 0.641. The summed E-state index contributed by atoms with van der Waals surface area (Å²) in [6.07, 6.45) is 3.90. The maximum Gasteiger partial charge on any atom is 0.339 e. The summed E-state index contributed by atoms with van der Waals surface area (Å²) < 4.78 is 17.2. The van der Waals surface area contributed by atoms with Crippen molar-refractivity contribution in [3.8, 4) is 11.5 Å². The highest BCUT2D eigenvalue weighted by Crippen LogP contribution is 2.47. The second kappa shape index (κ2) is 7.37. The molecule has 2 aliphatic rings. The summed E-state index contributed by atoms with van der Waals surface area (Å²) >= 11 is 0. The summed E-state index contributed by atoms with van der Waals surface area (Å²) in [6, 6.07) is 18.2. The second-order valence-electron chi connectivity index (χ2n) is 7.63. The third-order valence-corrected chi connectivity index (χ3v) is 5.53. The summed E-state index contributed by atoms with van der Waals surface area (Å²) in [6.45, 7) is -0.375. The fraction of sp³-hybridized carbons (Fsp3) is 0.250. The van der Waals surface area contributed by atoms with Crippen LogP contribution in [0.5, 0.6) is 11.5 Å². The summed E-state index contributed by atoms with van der Waals surface area (Å²) in [4.78, 5) is 24.8. The predicted molar refractivity (Wildman–Crippen MR) is 112 cm³/mol. The smallest absolute Gasteiger partial charge is 0.339 e. The Morgan fingerprint density at radius 2 is 1.70 bits per heavy atom. The highest BCUT2D eigenvalue weighted by molar-refractivity contribution is 6.05. The van der Waals surface area contributed by atoms with Crippen LogP contribution in [0, 0.1) is 0 Å². The molecule has 30 heavy (non-hydrogen) atoms. The molecule has 1 spiro atoms. The van der Waals surface area contributed by atoms with Gasteiger partial charge in [0.15, 0.2) is 18.1 Å². The van der Waals surface area contributed by atoms with E-state index in [2.05, 4.69) is 5.32 Å². The lowest BCUT2D eigenvalue weighted by Crippen LogP contribution is -2.34. The molecule has 3 aromatic rings. The van der Waals surface area contributed by atoms with E-state index in [1.54, 1.807) is 30.3 Å². The average Bonchev–Trinajstić information content (AvgIpc) is 3.37. The molecule has 6 heteroatoms. The number of hydrogen-bond donors (Lipinski definition) is 1. The Kier molecular flexibility index (Phi) is 4.54. The van der Waals surface area contributed by atoms with Gasteiger partial charge in [-0.25, -0.2) is 4.79 Å². The first-order valence-electron chi connectivity index (χ1n) is 10.1. The fourth-order valence-electron chi connectivity index (χ4n) is 4.10. The van der Waals surface area contributed by atoms with E-state index in [1.807, 2.05) is 30.3 Å². The Morgan fingerprint density at radius 3 is 2.57 bits per heavy atom. The molecule has 1 heterocycles. The lowest BCUT2D eigenvalue weighted by atomic mass is 10.1. The van der Waals surface area contributed by atoms with Crippen LogP contribution >= 0.6 is 0 Å². The van der Waals surface area contributed by atoms with Gasteiger partial charge in [0, 0.05) is 24.6 Å². The molecule has 1 amide bonds. The minimum atomic E-state index is -0.543. The average molecular weight is 403 g/mol. The Hall–Kier alpha value is -3.54. The van der Waals surface area contributed by atoms with Crippen molar-refractivity contribution in [3.63, 3.8) is 0 Å². The summed E-state index contributed by atoms with van der Waals surface area (Å²) in [5, 5.41) is 4.48. The summed E-state index contributed by atoms with van der Waals surface area (Å²) in [5.41, 5.74) is 1.00. The first-order chi connectivity index (χ1) is 14.6. The number of nitrogens with one attached hydrogen (secondary N) is 1. The van der Waals surface area contributed by atoms with Crippen molar-refractivity contribution >= 4 is 28.3 Å². The molecule has 1 fully saturated rings. The Balaban J connectivity index is 1.21. The molecule has 152 valence electrons. The van der Waals surface area contributed by atoms with Gasteiger partial charge < -0.3 is 19.5 Å². The third-order valence-electron chi connectivity index (χ3n) is 5.53. The number of carbonyl (C=O) groups is 2. The van der Waals surface area contributed by atoms with Crippen LogP contribution < -0.4 is 14.8 Å². The van der Waals surface area contributed by atoms with Gasteiger partial charge in [-0.3, -0.25) is 4.79 Å². The van der Waals surface area contributed by atoms with Crippen LogP contribution in [0.1, 0.15) is 36.0 Å². The summed E-state index contributed by atoms with van der Waals surface area (Å²) in [7, 11) is 0. The molecule has 3 aromatic carbocycles. The van der Waals surface area contributed by atoms with E-state index in [4.69, 9.17) is 14.2 Å². The van der Waals surface area contributed by atoms with Crippen LogP contribution in [0.25, 0.3) is 10.8 Å². The maximum atomic E-state index is 12.5. The number of ether oxygens (including phenoxy) is 3. The number of esters is 1. The van der Waals surface area contributed by atoms with Crippen LogP contribution in [-0.4, -0.2) is 24.3 Å². The molecule has 6 nitrogen and oxygen atoms in total. The van der Waals surface area contributed by atoms with Gasteiger partial charge in [0.1, 0.15) is 0 Å². The molecule has 0 bridgehead atoms. The van der Waals surface area contributed by atoms with Crippen LogP contribution in [0.2, 0.25) is 0 Å². The number of fused-ring (bicyclic) bond motifs is 2. The van der Waals surface area contributed by atoms with Crippen molar-refractivity contribution < 1.29 is 23.8 Å². The van der Waals surface area contributed by atoms with Gasteiger partial charge in [0.2, 0.25) is 0 Å².